The number of imidazole rings is 2. The van der Waals surface area contributed by atoms with E-state index in [2.05, 4.69) is 9.97 Å². The van der Waals surface area contributed by atoms with Crippen LogP contribution in [0.1, 0.15) is 11.6 Å². The number of rotatable bonds is 6. The van der Waals surface area contributed by atoms with Crippen molar-refractivity contribution in [1.82, 2.24) is 19.1 Å². The van der Waals surface area contributed by atoms with Crippen molar-refractivity contribution in [3.63, 3.8) is 0 Å². The SMILES string of the molecule is Cn1c(Cl)cnc1COc1cc(OCc2ncc(Cl)n2C)c(Cl)cc1Cl. The Morgan fingerprint density at radius 3 is 1.54 bits per heavy atom. The van der Waals surface area contributed by atoms with Crippen molar-refractivity contribution in [3.05, 3.63) is 56.5 Å². The molecule has 2 aromatic heterocycles. The van der Waals surface area contributed by atoms with Gasteiger partial charge in [-0.15, -0.1) is 0 Å². The molecule has 0 spiro atoms. The Bertz CT molecular complexity index is 867. The minimum Gasteiger partial charge on any atom is -0.484 e. The maximum absolute atomic E-state index is 6.21. The van der Waals surface area contributed by atoms with Crippen LogP contribution in [0.25, 0.3) is 0 Å². The minimum absolute atomic E-state index is 0.193. The normalized spacial score (nSPS) is 11.0. The van der Waals surface area contributed by atoms with Crippen LogP contribution < -0.4 is 9.47 Å². The second-order valence-corrected chi connectivity index (χ2v) is 6.99. The highest BCUT2D eigenvalue weighted by Crippen LogP contribution is 2.36. The highest BCUT2D eigenvalue weighted by Gasteiger charge is 2.13. The summed E-state index contributed by atoms with van der Waals surface area (Å²) in [5.41, 5.74) is 0. The van der Waals surface area contributed by atoms with E-state index in [-0.39, 0.29) is 13.2 Å². The molecule has 2 heterocycles. The number of hydrogen-bond donors (Lipinski definition) is 0. The van der Waals surface area contributed by atoms with E-state index in [1.54, 1.807) is 47.8 Å². The van der Waals surface area contributed by atoms with E-state index in [4.69, 9.17) is 55.9 Å². The molecule has 3 aromatic rings. The molecule has 0 radical (unpaired) electrons. The van der Waals surface area contributed by atoms with Crippen molar-refractivity contribution >= 4 is 46.4 Å². The Morgan fingerprint density at radius 2 is 1.19 bits per heavy atom. The van der Waals surface area contributed by atoms with Gasteiger partial charge in [0.2, 0.25) is 0 Å². The second kappa shape index (κ2) is 7.96. The summed E-state index contributed by atoms with van der Waals surface area (Å²) in [6.07, 6.45) is 3.10. The van der Waals surface area contributed by atoms with Gasteiger partial charge in [-0.3, -0.25) is 0 Å². The van der Waals surface area contributed by atoms with Crippen LogP contribution in [-0.2, 0) is 27.3 Å². The van der Waals surface area contributed by atoms with E-state index in [1.165, 1.54) is 0 Å². The molecule has 0 N–H and O–H groups in total. The molecular weight excluding hydrogens is 422 g/mol. The molecule has 3 rings (SSSR count). The van der Waals surface area contributed by atoms with Crippen molar-refractivity contribution in [3.8, 4) is 11.5 Å². The molecule has 138 valence electrons. The Hall–Kier alpha value is -1.60. The molecule has 0 amide bonds. The summed E-state index contributed by atoms with van der Waals surface area (Å²) in [5, 5.41) is 1.76. The van der Waals surface area contributed by atoms with Gasteiger partial charge in [0.1, 0.15) is 46.7 Å². The van der Waals surface area contributed by atoms with Gasteiger partial charge >= 0.3 is 0 Å². The van der Waals surface area contributed by atoms with Crippen LogP contribution >= 0.6 is 46.4 Å². The molecule has 0 unspecified atom stereocenters. The number of halogens is 4. The number of nitrogens with zero attached hydrogens (tertiary/aromatic N) is 4. The summed E-state index contributed by atoms with van der Waals surface area (Å²) in [4.78, 5) is 8.34. The van der Waals surface area contributed by atoms with E-state index >= 15 is 0 Å². The lowest BCUT2D eigenvalue weighted by molar-refractivity contribution is 0.277. The summed E-state index contributed by atoms with van der Waals surface area (Å²) in [6.45, 7) is 0.387. The first-order chi connectivity index (χ1) is 12.4. The standard InChI is InChI=1S/C16H14Cl4N4O2/c1-23-13(19)5-21-15(23)7-25-11-4-12(10(18)3-9(11)17)26-8-16-22-6-14(20)24(16)2/h3-6H,7-8H2,1-2H3. The van der Waals surface area contributed by atoms with Gasteiger partial charge in [-0.2, -0.15) is 0 Å². The van der Waals surface area contributed by atoms with Crippen molar-refractivity contribution in [2.75, 3.05) is 0 Å². The molecule has 0 fully saturated rings. The fraction of sp³-hybridized carbons (Fsp3) is 0.250. The smallest absolute Gasteiger partial charge is 0.147 e. The van der Waals surface area contributed by atoms with Crippen molar-refractivity contribution in [2.45, 2.75) is 13.2 Å². The predicted octanol–water partition coefficient (Wildman–Crippen LogP) is 4.93. The van der Waals surface area contributed by atoms with E-state index in [1.807, 2.05) is 0 Å². The monoisotopic (exact) mass is 434 g/mol. The zero-order valence-corrected chi connectivity index (χ0v) is 16.9. The zero-order valence-electron chi connectivity index (χ0n) is 13.8. The third-order valence-corrected chi connectivity index (χ3v) is 5.05. The average molecular weight is 436 g/mol. The van der Waals surface area contributed by atoms with Gasteiger partial charge in [-0.1, -0.05) is 46.4 Å². The third-order valence-electron chi connectivity index (χ3n) is 3.76. The average Bonchev–Trinajstić information content (AvgIpc) is 3.09. The number of aromatic nitrogens is 4. The third kappa shape index (κ3) is 4.04. The summed E-state index contributed by atoms with van der Waals surface area (Å²) in [7, 11) is 3.59. The topological polar surface area (TPSA) is 54.1 Å². The lowest BCUT2D eigenvalue weighted by atomic mass is 10.3. The maximum Gasteiger partial charge on any atom is 0.147 e. The molecule has 0 aliphatic rings. The number of benzene rings is 1. The molecule has 0 saturated heterocycles. The fourth-order valence-electron chi connectivity index (χ4n) is 2.13. The van der Waals surface area contributed by atoms with E-state index in [9.17, 15) is 0 Å². The molecule has 0 aliphatic carbocycles. The highest BCUT2D eigenvalue weighted by atomic mass is 35.5. The van der Waals surface area contributed by atoms with E-state index < -0.39 is 0 Å². The Balaban J connectivity index is 1.74. The Labute approximate surface area is 170 Å². The van der Waals surface area contributed by atoms with Gasteiger partial charge in [0.25, 0.3) is 0 Å². The molecule has 0 aliphatic heterocycles. The lowest BCUT2D eigenvalue weighted by Crippen LogP contribution is -2.05. The Kier molecular flexibility index (Phi) is 5.87. The van der Waals surface area contributed by atoms with Crippen LogP contribution in [-0.4, -0.2) is 19.1 Å². The molecule has 26 heavy (non-hydrogen) atoms. The maximum atomic E-state index is 6.21. The van der Waals surface area contributed by atoms with Crippen LogP contribution in [0, 0.1) is 0 Å². The van der Waals surface area contributed by atoms with Gasteiger partial charge in [0.15, 0.2) is 0 Å². The van der Waals surface area contributed by atoms with Crippen LogP contribution in [0.5, 0.6) is 11.5 Å². The first kappa shape index (κ1) is 19.2. The quantitative estimate of drug-likeness (QED) is 0.551. The summed E-state index contributed by atoms with van der Waals surface area (Å²) >= 11 is 24.3. The van der Waals surface area contributed by atoms with E-state index in [0.29, 0.717) is 43.5 Å². The van der Waals surface area contributed by atoms with Gasteiger partial charge < -0.3 is 18.6 Å². The van der Waals surface area contributed by atoms with Crippen molar-refractivity contribution in [1.29, 1.82) is 0 Å². The van der Waals surface area contributed by atoms with Crippen LogP contribution in [0.2, 0.25) is 20.4 Å². The van der Waals surface area contributed by atoms with Gasteiger partial charge in [-0.25, -0.2) is 9.97 Å². The molecule has 1 aromatic carbocycles. The zero-order chi connectivity index (χ0) is 18.8. The molecule has 6 nitrogen and oxygen atoms in total. The molecule has 0 atom stereocenters. The van der Waals surface area contributed by atoms with Crippen molar-refractivity contribution < 1.29 is 9.47 Å². The predicted molar refractivity (Wildman–Crippen MR) is 102 cm³/mol. The second-order valence-electron chi connectivity index (χ2n) is 5.40. The first-order valence-electron chi connectivity index (χ1n) is 7.43. The fourth-order valence-corrected chi connectivity index (χ4v) is 2.92. The number of hydrogen-bond acceptors (Lipinski definition) is 4. The summed E-state index contributed by atoms with van der Waals surface area (Å²) in [5.74, 6) is 2.16. The van der Waals surface area contributed by atoms with Gasteiger partial charge in [0, 0.05) is 20.2 Å². The first-order valence-corrected chi connectivity index (χ1v) is 8.95. The van der Waals surface area contributed by atoms with Gasteiger partial charge in [0.05, 0.1) is 22.4 Å². The van der Waals surface area contributed by atoms with E-state index in [0.717, 1.165) is 0 Å². The summed E-state index contributed by atoms with van der Waals surface area (Å²) in [6, 6.07) is 3.18. The van der Waals surface area contributed by atoms with Crippen LogP contribution in [0.3, 0.4) is 0 Å². The lowest BCUT2D eigenvalue weighted by Gasteiger charge is -2.13. The van der Waals surface area contributed by atoms with Crippen molar-refractivity contribution in [2.24, 2.45) is 14.1 Å². The minimum atomic E-state index is 0.193. The molecule has 10 heteroatoms. The molecule has 0 bridgehead atoms. The molecular formula is C16H14Cl4N4O2. The largest absolute Gasteiger partial charge is 0.484 e. The molecule has 0 saturated carbocycles. The Morgan fingerprint density at radius 1 is 0.769 bits per heavy atom. The van der Waals surface area contributed by atoms with Crippen LogP contribution in [0.15, 0.2) is 24.5 Å². The summed E-state index contributed by atoms with van der Waals surface area (Å²) < 4.78 is 14.9. The number of ether oxygens (including phenoxy) is 2. The van der Waals surface area contributed by atoms with Crippen LogP contribution in [0.4, 0.5) is 0 Å². The highest BCUT2D eigenvalue weighted by molar-refractivity contribution is 6.36. The van der Waals surface area contributed by atoms with Gasteiger partial charge in [-0.05, 0) is 6.07 Å².